The minimum absolute atomic E-state index is 0.0173. The van der Waals surface area contributed by atoms with E-state index < -0.39 is 17.4 Å². The van der Waals surface area contributed by atoms with Gasteiger partial charge in [0, 0.05) is 15.4 Å². The molecule has 26 heavy (non-hydrogen) atoms. The molecule has 3 aromatic rings. The molecule has 0 saturated carbocycles. The maximum absolute atomic E-state index is 12.3. The third-order valence-electron chi connectivity index (χ3n) is 3.63. The van der Waals surface area contributed by atoms with Crippen molar-refractivity contribution in [2.75, 3.05) is 0 Å². The lowest BCUT2D eigenvalue weighted by atomic mass is 10.1. The average Bonchev–Trinajstić information content (AvgIpc) is 2.63. The fraction of sp³-hybridized carbons (Fsp3) is 0.0588. The van der Waals surface area contributed by atoms with Gasteiger partial charge < -0.3 is 0 Å². The zero-order valence-corrected chi connectivity index (χ0v) is 14.7. The van der Waals surface area contributed by atoms with E-state index in [0.29, 0.717) is 26.4 Å². The summed E-state index contributed by atoms with van der Waals surface area (Å²) >= 11 is 12.0. The van der Waals surface area contributed by atoms with Gasteiger partial charge in [0.05, 0.1) is 11.8 Å². The maximum Gasteiger partial charge on any atom is 0.290 e. The first-order valence-electron chi connectivity index (χ1n) is 7.47. The number of nitrogens with one attached hydrogen (secondary N) is 3. The topological polar surface area (TPSA) is 104 Å². The quantitative estimate of drug-likeness (QED) is 0.596. The number of fused-ring (bicyclic) bond motifs is 1. The highest BCUT2D eigenvalue weighted by Gasteiger charge is 2.16. The molecule has 0 fully saturated rings. The van der Waals surface area contributed by atoms with Crippen molar-refractivity contribution in [2.24, 2.45) is 0 Å². The van der Waals surface area contributed by atoms with E-state index >= 15 is 0 Å². The molecule has 0 aliphatic rings. The Morgan fingerprint density at radius 2 is 1.62 bits per heavy atom. The Morgan fingerprint density at radius 3 is 2.31 bits per heavy atom. The van der Waals surface area contributed by atoms with Crippen molar-refractivity contribution in [1.82, 2.24) is 21.0 Å². The van der Waals surface area contributed by atoms with Crippen molar-refractivity contribution in [2.45, 2.75) is 6.42 Å². The number of rotatable bonds is 3. The smallest absolute Gasteiger partial charge is 0.273 e. The molecule has 2 aromatic carbocycles. The molecule has 132 valence electrons. The van der Waals surface area contributed by atoms with Crippen LogP contribution in [0.2, 0.25) is 10.0 Å². The van der Waals surface area contributed by atoms with Crippen molar-refractivity contribution >= 4 is 45.8 Å². The van der Waals surface area contributed by atoms with Crippen LogP contribution in [0.25, 0.3) is 10.8 Å². The Balaban J connectivity index is 1.73. The molecule has 9 heteroatoms. The summed E-state index contributed by atoms with van der Waals surface area (Å²) in [4.78, 5) is 36.1. The molecule has 3 rings (SSSR count). The highest BCUT2D eigenvalue weighted by molar-refractivity contribution is 6.36. The van der Waals surface area contributed by atoms with Crippen LogP contribution in [0.4, 0.5) is 0 Å². The number of carbonyl (C=O) groups excluding carboxylic acids is 2. The van der Waals surface area contributed by atoms with E-state index in [2.05, 4.69) is 21.0 Å². The summed E-state index contributed by atoms with van der Waals surface area (Å²) in [5.41, 5.74) is 4.56. The lowest BCUT2D eigenvalue weighted by molar-refractivity contribution is -0.121. The van der Waals surface area contributed by atoms with Crippen LogP contribution in [0.1, 0.15) is 16.1 Å². The SMILES string of the molecule is O=C(Cc1c(Cl)cccc1Cl)NNC(=O)c1n[nH]c(=O)c2ccccc12. The lowest BCUT2D eigenvalue weighted by Gasteiger charge is -2.10. The minimum Gasteiger partial charge on any atom is -0.273 e. The number of amides is 2. The number of benzene rings is 2. The highest BCUT2D eigenvalue weighted by Crippen LogP contribution is 2.24. The standard InChI is InChI=1S/C17H12Cl2N4O3/c18-12-6-3-7-13(19)11(12)8-14(24)20-23-17(26)15-9-4-1-2-5-10(9)16(25)22-21-15/h1-7H,8H2,(H,20,24)(H,22,25)(H,23,26). The van der Waals surface area contributed by atoms with Crippen molar-refractivity contribution in [3.8, 4) is 0 Å². The summed E-state index contributed by atoms with van der Waals surface area (Å²) in [6, 6.07) is 11.4. The molecule has 1 aromatic heterocycles. The van der Waals surface area contributed by atoms with Crippen LogP contribution in [0, 0.1) is 0 Å². The van der Waals surface area contributed by atoms with Crippen LogP contribution in [-0.4, -0.2) is 22.0 Å². The first kappa shape index (κ1) is 17.9. The van der Waals surface area contributed by atoms with Crippen molar-refractivity contribution in [1.29, 1.82) is 0 Å². The Bertz CT molecular complexity index is 1050. The van der Waals surface area contributed by atoms with Gasteiger partial charge in [-0.25, -0.2) is 5.10 Å². The van der Waals surface area contributed by atoms with Crippen molar-refractivity contribution in [3.63, 3.8) is 0 Å². The van der Waals surface area contributed by atoms with E-state index in [0.717, 1.165) is 0 Å². The summed E-state index contributed by atoms with van der Waals surface area (Å²) in [6.07, 6.45) is -0.113. The van der Waals surface area contributed by atoms with Crippen LogP contribution < -0.4 is 16.4 Å². The zero-order valence-electron chi connectivity index (χ0n) is 13.2. The van der Waals surface area contributed by atoms with E-state index in [1.54, 1.807) is 42.5 Å². The normalized spacial score (nSPS) is 10.5. The van der Waals surface area contributed by atoms with Gasteiger partial charge in [-0.3, -0.25) is 25.2 Å². The number of aromatic nitrogens is 2. The molecule has 2 amide bonds. The second-order valence-electron chi connectivity index (χ2n) is 5.33. The minimum atomic E-state index is -0.670. The molecule has 0 aliphatic carbocycles. The number of hydrazine groups is 1. The van der Waals surface area contributed by atoms with E-state index in [1.807, 2.05) is 0 Å². The van der Waals surface area contributed by atoms with Crippen LogP contribution in [0.5, 0.6) is 0 Å². The first-order chi connectivity index (χ1) is 12.5. The van der Waals surface area contributed by atoms with E-state index in [4.69, 9.17) is 23.2 Å². The Kier molecular flexibility index (Phi) is 5.20. The molecule has 0 saturated heterocycles. The van der Waals surface area contributed by atoms with Crippen LogP contribution >= 0.6 is 23.2 Å². The number of halogens is 2. The predicted octanol–water partition coefficient (Wildman–Crippen LogP) is 2.23. The maximum atomic E-state index is 12.3. The molecule has 3 N–H and O–H groups in total. The van der Waals surface area contributed by atoms with Gasteiger partial charge in [-0.15, -0.1) is 0 Å². The average molecular weight is 391 g/mol. The molecule has 0 aliphatic heterocycles. The monoisotopic (exact) mass is 390 g/mol. The second kappa shape index (κ2) is 7.55. The van der Waals surface area contributed by atoms with E-state index in [9.17, 15) is 14.4 Å². The molecular formula is C17H12Cl2N4O3. The summed E-state index contributed by atoms with van der Waals surface area (Å²) in [7, 11) is 0. The van der Waals surface area contributed by atoms with Gasteiger partial charge in [0.2, 0.25) is 5.91 Å². The van der Waals surface area contributed by atoms with Gasteiger partial charge in [0.1, 0.15) is 0 Å². The number of aromatic amines is 1. The predicted molar refractivity (Wildman–Crippen MR) is 98.1 cm³/mol. The number of H-pyrrole nitrogens is 1. The van der Waals surface area contributed by atoms with Gasteiger partial charge in [0.25, 0.3) is 11.5 Å². The second-order valence-corrected chi connectivity index (χ2v) is 6.14. The van der Waals surface area contributed by atoms with Crippen molar-refractivity contribution < 1.29 is 9.59 Å². The molecule has 0 unspecified atom stereocenters. The fourth-order valence-electron chi connectivity index (χ4n) is 2.38. The van der Waals surface area contributed by atoms with E-state index in [1.165, 1.54) is 0 Å². The van der Waals surface area contributed by atoms with Gasteiger partial charge in [0.15, 0.2) is 5.69 Å². The third kappa shape index (κ3) is 3.68. The van der Waals surface area contributed by atoms with Crippen LogP contribution in [0.15, 0.2) is 47.3 Å². The zero-order chi connectivity index (χ0) is 18.7. The molecule has 0 atom stereocenters. The first-order valence-corrected chi connectivity index (χ1v) is 8.22. The number of nitrogens with zero attached hydrogens (tertiary/aromatic N) is 1. The van der Waals surface area contributed by atoms with Crippen LogP contribution in [0.3, 0.4) is 0 Å². The summed E-state index contributed by atoms with van der Waals surface area (Å²) in [5.74, 6) is -1.18. The van der Waals surface area contributed by atoms with Gasteiger partial charge in [-0.1, -0.05) is 47.5 Å². The van der Waals surface area contributed by atoms with Gasteiger partial charge >= 0.3 is 0 Å². The Labute approximate surface area is 157 Å². The number of carbonyl (C=O) groups is 2. The molecule has 7 nitrogen and oxygen atoms in total. The fourth-order valence-corrected chi connectivity index (χ4v) is 2.91. The van der Waals surface area contributed by atoms with Crippen LogP contribution in [-0.2, 0) is 11.2 Å². The third-order valence-corrected chi connectivity index (χ3v) is 4.33. The van der Waals surface area contributed by atoms with Gasteiger partial charge in [-0.05, 0) is 23.8 Å². The van der Waals surface area contributed by atoms with Crippen molar-refractivity contribution in [3.05, 3.63) is 74.1 Å². The summed E-state index contributed by atoms with van der Waals surface area (Å²) < 4.78 is 0. The largest absolute Gasteiger partial charge is 0.290 e. The molecule has 1 heterocycles. The number of hydrogen-bond acceptors (Lipinski definition) is 4. The lowest BCUT2D eigenvalue weighted by Crippen LogP contribution is -2.43. The molecule has 0 radical (unpaired) electrons. The summed E-state index contributed by atoms with van der Waals surface area (Å²) in [5, 5.41) is 7.41. The molecular weight excluding hydrogens is 379 g/mol. The van der Waals surface area contributed by atoms with Gasteiger partial charge in [-0.2, -0.15) is 5.10 Å². The number of hydrogen-bond donors (Lipinski definition) is 3. The highest BCUT2D eigenvalue weighted by atomic mass is 35.5. The Hall–Kier alpha value is -2.90. The van der Waals surface area contributed by atoms with E-state index in [-0.39, 0.29) is 12.1 Å². The molecule has 0 spiro atoms. The molecule has 0 bridgehead atoms. The summed E-state index contributed by atoms with van der Waals surface area (Å²) in [6.45, 7) is 0. The Morgan fingerprint density at radius 1 is 0.962 bits per heavy atom.